The number of hydrogen-bond acceptors (Lipinski definition) is 6. The standard InChI is InChI=1S/C5H8N4O2S/c1-11-5(10)9-3(6)7-8-4(9)12-2/h1-2H3,(H2,6,7). The number of anilines is 1. The van der Waals surface area contributed by atoms with Crippen molar-refractivity contribution in [3.8, 4) is 0 Å². The van der Waals surface area contributed by atoms with E-state index < -0.39 is 6.09 Å². The molecule has 1 aromatic rings. The topological polar surface area (TPSA) is 83.0 Å². The van der Waals surface area contributed by atoms with Crippen LogP contribution in [0.2, 0.25) is 0 Å². The first-order chi connectivity index (χ1) is 5.70. The predicted molar refractivity (Wildman–Crippen MR) is 44.0 cm³/mol. The van der Waals surface area contributed by atoms with E-state index in [4.69, 9.17) is 5.73 Å². The first-order valence-electron chi connectivity index (χ1n) is 3.04. The maximum absolute atomic E-state index is 11.0. The number of thioether (sulfide) groups is 1. The van der Waals surface area contributed by atoms with Gasteiger partial charge in [0.05, 0.1) is 7.11 Å². The van der Waals surface area contributed by atoms with Crippen molar-refractivity contribution >= 4 is 23.8 Å². The summed E-state index contributed by atoms with van der Waals surface area (Å²) in [6.07, 6.45) is 1.19. The summed E-state index contributed by atoms with van der Waals surface area (Å²) in [5.74, 6) is 0.0335. The van der Waals surface area contributed by atoms with Crippen LogP contribution in [0.5, 0.6) is 0 Å². The second-order valence-electron chi connectivity index (χ2n) is 1.85. The predicted octanol–water partition coefficient (Wildman–Crippen LogP) is 0.197. The molecule has 0 fully saturated rings. The first-order valence-corrected chi connectivity index (χ1v) is 4.26. The number of nitrogen functional groups attached to an aromatic ring is 1. The van der Waals surface area contributed by atoms with E-state index >= 15 is 0 Å². The molecule has 0 amide bonds. The first kappa shape index (κ1) is 8.85. The summed E-state index contributed by atoms with van der Waals surface area (Å²) < 4.78 is 5.57. The average Bonchev–Trinajstić information content (AvgIpc) is 2.45. The minimum atomic E-state index is -0.582. The fourth-order valence-corrected chi connectivity index (χ4v) is 1.15. The molecule has 0 saturated carbocycles. The average molecular weight is 188 g/mol. The van der Waals surface area contributed by atoms with Crippen molar-refractivity contribution in [3.05, 3.63) is 0 Å². The maximum Gasteiger partial charge on any atom is 0.422 e. The zero-order chi connectivity index (χ0) is 9.14. The Morgan fingerprint density at radius 1 is 1.67 bits per heavy atom. The van der Waals surface area contributed by atoms with Crippen LogP contribution in [0.1, 0.15) is 0 Å². The summed E-state index contributed by atoms with van der Waals surface area (Å²) in [5, 5.41) is 7.59. The minimum Gasteiger partial charge on any atom is -0.452 e. The Morgan fingerprint density at radius 2 is 2.33 bits per heavy atom. The zero-order valence-corrected chi connectivity index (χ0v) is 7.46. The van der Waals surface area contributed by atoms with E-state index in [-0.39, 0.29) is 5.95 Å². The van der Waals surface area contributed by atoms with Gasteiger partial charge in [0, 0.05) is 0 Å². The lowest BCUT2D eigenvalue weighted by Crippen LogP contribution is -2.15. The van der Waals surface area contributed by atoms with E-state index in [0.717, 1.165) is 4.57 Å². The molecule has 0 bridgehead atoms. The molecule has 0 atom stereocenters. The van der Waals surface area contributed by atoms with Gasteiger partial charge >= 0.3 is 6.09 Å². The van der Waals surface area contributed by atoms with Gasteiger partial charge in [-0.2, -0.15) is 4.57 Å². The molecule has 0 spiro atoms. The molecule has 2 N–H and O–H groups in total. The van der Waals surface area contributed by atoms with Crippen LogP contribution < -0.4 is 5.73 Å². The van der Waals surface area contributed by atoms with Crippen LogP contribution >= 0.6 is 11.8 Å². The molecule has 0 aliphatic heterocycles. The van der Waals surface area contributed by atoms with E-state index in [1.165, 1.54) is 18.9 Å². The van der Waals surface area contributed by atoms with Crippen molar-refractivity contribution in [1.29, 1.82) is 0 Å². The van der Waals surface area contributed by atoms with Crippen molar-refractivity contribution in [3.63, 3.8) is 0 Å². The third-order valence-electron chi connectivity index (χ3n) is 1.20. The maximum atomic E-state index is 11.0. The van der Waals surface area contributed by atoms with Crippen LogP contribution in [0.25, 0.3) is 0 Å². The van der Waals surface area contributed by atoms with E-state index in [1.54, 1.807) is 6.26 Å². The highest BCUT2D eigenvalue weighted by Crippen LogP contribution is 2.14. The Balaban J connectivity index is 3.10. The van der Waals surface area contributed by atoms with Crippen LogP contribution in [-0.4, -0.2) is 34.2 Å². The molecular weight excluding hydrogens is 180 g/mol. The van der Waals surface area contributed by atoms with E-state index in [9.17, 15) is 4.79 Å². The highest BCUT2D eigenvalue weighted by molar-refractivity contribution is 7.98. The monoisotopic (exact) mass is 188 g/mol. The second kappa shape index (κ2) is 3.44. The molecule has 12 heavy (non-hydrogen) atoms. The fourth-order valence-electron chi connectivity index (χ4n) is 0.676. The van der Waals surface area contributed by atoms with Gasteiger partial charge in [-0.25, -0.2) is 4.79 Å². The Bertz CT molecular complexity index is 298. The van der Waals surface area contributed by atoms with Crippen LogP contribution in [-0.2, 0) is 4.74 Å². The van der Waals surface area contributed by atoms with Gasteiger partial charge in [0.2, 0.25) is 11.1 Å². The molecule has 1 rings (SSSR count). The summed E-state index contributed by atoms with van der Waals surface area (Å²) in [6, 6.07) is 0. The third-order valence-corrected chi connectivity index (χ3v) is 1.83. The molecule has 0 aromatic carbocycles. The number of rotatable bonds is 1. The molecule has 0 radical (unpaired) electrons. The normalized spacial score (nSPS) is 9.83. The minimum absolute atomic E-state index is 0.0335. The van der Waals surface area contributed by atoms with Crippen molar-refractivity contribution in [1.82, 2.24) is 14.8 Å². The lowest BCUT2D eigenvalue weighted by atomic mass is 10.9. The molecule has 0 aliphatic rings. The van der Waals surface area contributed by atoms with Gasteiger partial charge in [0.25, 0.3) is 0 Å². The summed E-state index contributed by atoms with van der Waals surface area (Å²) in [5.41, 5.74) is 5.37. The lowest BCUT2D eigenvalue weighted by Gasteiger charge is -2.01. The third kappa shape index (κ3) is 1.35. The molecule has 1 heterocycles. The van der Waals surface area contributed by atoms with Gasteiger partial charge in [0.15, 0.2) is 0 Å². The van der Waals surface area contributed by atoms with Crippen LogP contribution in [0.15, 0.2) is 5.16 Å². The molecule has 66 valence electrons. The number of carbonyl (C=O) groups excluding carboxylic acids is 1. The summed E-state index contributed by atoms with van der Waals surface area (Å²) in [6.45, 7) is 0. The zero-order valence-electron chi connectivity index (χ0n) is 6.64. The summed E-state index contributed by atoms with van der Waals surface area (Å²) in [4.78, 5) is 11.0. The summed E-state index contributed by atoms with van der Waals surface area (Å²) in [7, 11) is 1.27. The van der Waals surface area contributed by atoms with Gasteiger partial charge in [0.1, 0.15) is 0 Å². The molecular formula is C5H8N4O2S. The number of nitrogens with zero attached hydrogens (tertiary/aromatic N) is 3. The largest absolute Gasteiger partial charge is 0.452 e. The van der Waals surface area contributed by atoms with Gasteiger partial charge in [-0.15, -0.1) is 10.2 Å². The molecule has 0 unspecified atom stereocenters. The smallest absolute Gasteiger partial charge is 0.422 e. The Morgan fingerprint density at radius 3 is 2.83 bits per heavy atom. The number of carbonyl (C=O) groups is 1. The highest BCUT2D eigenvalue weighted by atomic mass is 32.2. The van der Waals surface area contributed by atoms with E-state index in [0.29, 0.717) is 5.16 Å². The van der Waals surface area contributed by atoms with Crippen molar-refractivity contribution in [2.24, 2.45) is 0 Å². The van der Waals surface area contributed by atoms with E-state index in [1.807, 2.05) is 0 Å². The van der Waals surface area contributed by atoms with Gasteiger partial charge in [-0.1, -0.05) is 11.8 Å². The quantitative estimate of drug-likeness (QED) is 0.634. The SMILES string of the molecule is COC(=O)n1c(N)nnc1SC. The number of aromatic nitrogens is 3. The van der Waals surface area contributed by atoms with Crippen molar-refractivity contribution in [2.45, 2.75) is 5.16 Å². The molecule has 6 nitrogen and oxygen atoms in total. The molecule has 0 saturated heterocycles. The lowest BCUT2D eigenvalue weighted by molar-refractivity contribution is 0.171. The van der Waals surface area contributed by atoms with Gasteiger partial charge in [-0.3, -0.25) is 0 Å². The second-order valence-corrected chi connectivity index (χ2v) is 2.62. The Hall–Kier alpha value is -1.24. The molecule has 0 aliphatic carbocycles. The number of nitrogens with two attached hydrogens (primary N) is 1. The molecule has 7 heteroatoms. The summed E-state index contributed by atoms with van der Waals surface area (Å²) >= 11 is 1.27. The fraction of sp³-hybridized carbons (Fsp3) is 0.400. The molecule has 1 aromatic heterocycles. The number of hydrogen-bond donors (Lipinski definition) is 1. The highest BCUT2D eigenvalue weighted by Gasteiger charge is 2.15. The van der Waals surface area contributed by atoms with Crippen LogP contribution in [0.4, 0.5) is 10.7 Å². The Labute approximate surface area is 73.1 Å². The van der Waals surface area contributed by atoms with Crippen LogP contribution in [0, 0.1) is 0 Å². The Kier molecular flexibility index (Phi) is 2.54. The van der Waals surface area contributed by atoms with Crippen molar-refractivity contribution in [2.75, 3.05) is 19.1 Å². The van der Waals surface area contributed by atoms with E-state index in [2.05, 4.69) is 14.9 Å². The van der Waals surface area contributed by atoms with Gasteiger partial charge in [-0.05, 0) is 6.26 Å². The van der Waals surface area contributed by atoms with Crippen LogP contribution in [0.3, 0.4) is 0 Å². The number of ether oxygens (including phenoxy) is 1. The van der Waals surface area contributed by atoms with Gasteiger partial charge < -0.3 is 10.5 Å². The van der Waals surface area contributed by atoms with Crippen molar-refractivity contribution < 1.29 is 9.53 Å². The number of methoxy groups -OCH3 is 1.